The Labute approximate surface area is 111 Å². The summed E-state index contributed by atoms with van der Waals surface area (Å²) in [4.78, 5) is 4.54. The highest BCUT2D eigenvalue weighted by molar-refractivity contribution is 8.26. The number of hydrogen-bond donors (Lipinski definition) is 0. The zero-order valence-corrected chi connectivity index (χ0v) is 11.5. The van der Waals surface area contributed by atoms with Crippen molar-refractivity contribution in [3.05, 3.63) is 47.2 Å². The molecule has 2 aliphatic rings. The van der Waals surface area contributed by atoms with Crippen LogP contribution >= 0.6 is 11.8 Å². The summed E-state index contributed by atoms with van der Waals surface area (Å²) in [5.74, 6) is 0. The van der Waals surface area contributed by atoms with Crippen LogP contribution in [-0.2, 0) is 0 Å². The van der Waals surface area contributed by atoms with Gasteiger partial charge in [-0.05, 0) is 44.2 Å². The second kappa shape index (κ2) is 4.28. The molecule has 0 aliphatic carbocycles. The van der Waals surface area contributed by atoms with Gasteiger partial charge in [0.25, 0.3) is 0 Å². The molecule has 3 rings (SSSR count). The van der Waals surface area contributed by atoms with Crippen LogP contribution in [0.15, 0.2) is 46.1 Å². The fourth-order valence-electron chi connectivity index (χ4n) is 2.14. The predicted octanol–water partition coefficient (Wildman–Crippen LogP) is 3.69. The monoisotopic (exact) mass is 257 g/mol. The van der Waals surface area contributed by atoms with Crippen LogP contribution in [0.5, 0.6) is 0 Å². The number of amidine groups is 1. The van der Waals surface area contributed by atoms with E-state index in [0.29, 0.717) is 0 Å². The van der Waals surface area contributed by atoms with Crippen LogP contribution in [-0.4, -0.2) is 15.2 Å². The average molecular weight is 257 g/mol. The molecule has 1 atom stereocenters. The van der Waals surface area contributed by atoms with Gasteiger partial charge in [-0.15, -0.1) is 0 Å². The van der Waals surface area contributed by atoms with E-state index in [0.717, 1.165) is 15.9 Å². The first kappa shape index (κ1) is 11.5. The molecule has 0 radical (unpaired) electrons. The Hall–Kier alpha value is -1.55. The highest BCUT2D eigenvalue weighted by Gasteiger charge is 2.30. The maximum atomic E-state index is 4.56. The number of rotatable bonds is 1. The molecule has 0 saturated heterocycles. The lowest BCUT2D eigenvalue weighted by atomic mass is 10.0. The summed E-state index contributed by atoms with van der Waals surface area (Å²) in [6.07, 6.45) is 2.16. The van der Waals surface area contributed by atoms with Crippen LogP contribution in [0.25, 0.3) is 0 Å². The molecule has 1 aromatic rings. The lowest BCUT2D eigenvalue weighted by Gasteiger charge is -2.27. The van der Waals surface area contributed by atoms with Crippen LogP contribution < -0.4 is 0 Å². The minimum absolute atomic E-state index is 0.169. The number of nitrogens with zero attached hydrogens (tertiary/aromatic N) is 3. The van der Waals surface area contributed by atoms with E-state index >= 15 is 0 Å². The van der Waals surface area contributed by atoms with Gasteiger partial charge in [0.2, 0.25) is 0 Å². The molecule has 2 aliphatic heterocycles. The van der Waals surface area contributed by atoms with E-state index in [2.05, 4.69) is 47.4 Å². The largest absolute Gasteiger partial charge is 0.230 e. The molecule has 0 saturated carbocycles. The van der Waals surface area contributed by atoms with Gasteiger partial charge in [-0.1, -0.05) is 29.8 Å². The van der Waals surface area contributed by atoms with E-state index in [1.807, 2.05) is 18.9 Å². The lowest BCUT2D eigenvalue weighted by Crippen LogP contribution is -2.27. The second-order valence-corrected chi connectivity index (χ2v) is 5.78. The Bertz CT molecular complexity index is 569. The Morgan fingerprint density at radius 2 is 1.83 bits per heavy atom. The van der Waals surface area contributed by atoms with E-state index in [1.165, 1.54) is 11.1 Å². The zero-order chi connectivity index (χ0) is 12.7. The van der Waals surface area contributed by atoms with Gasteiger partial charge >= 0.3 is 0 Å². The Balaban J connectivity index is 2.01. The molecular weight excluding hydrogens is 242 g/mol. The van der Waals surface area contributed by atoms with Crippen molar-refractivity contribution in [1.82, 2.24) is 5.01 Å². The number of hydrogen-bond acceptors (Lipinski definition) is 4. The number of aliphatic imine (C=N–C) groups is 1. The summed E-state index contributed by atoms with van der Waals surface area (Å²) >= 11 is 1.64. The molecule has 3 nitrogen and oxygen atoms in total. The summed E-state index contributed by atoms with van der Waals surface area (Å²) in [6, 6.07) is 8.79. The summed E-state index contributed by atoms with van der Waals surface area (Å²) in [7, 11) is 0. The van der Waals surface area contributed by atoms with Crippen molar-refractivity contribution < 1.29 is 0 Å². The van der Waals surface area contributed by atoms with Gasteiger partial charge < -0.3 is 0 Å². The number of aryl methyl sites for hydroxylation is 1. The first-order chi connectivity index (χ1) is 8.63. The minimum atomic E-state index is 0.169. The topological polar surface area (TPSA) is 28.0 Å². The number of hydrazone groups is 1. The molecule has 0 N–H and O–H groups in total. The molecule has 4 heteroatoms. The first-order valence-electron chi connectivity index (χ1n) is 5.99. The highest BCUT2D eigenvalue weighted by Crippen LogP contribution is 2.35. The van der Waals surface area contributed by atoms with Crippen LogP contribution in [0.2, 0.25) is 0 Å². The van der Waals surface area contributed by atoms with Crippen molar-refractivity contribution in [2.75, 3.05) is 0 Å². The van der Waals surface area contributed by atoms with E-state index in [9.17, 15) is 0 Å². The Morgan fingerprint density at radius 1 is 1.11 bits per heavy atom. The number of allylic oxidation sites excluding steroid dienone is 1. The molecule has 1 unspecified atom stereocenters. The van der Waals surface area contributed by atoms with E-state index < -0.39 is 0 Å². The van der Waals surface area contributed by atoms with Crippen molar-refractivity contribution in [2.24, 2.45) is 10.1 Å². The van der Waals surface area contributed by atoms with Gasteiger partial charge in [0.05, 0.1) is 11.1 Å². The average Bonchev–Trinajstić information content (AvgIpc) is 2.69. The molecule has 0 amide bonds. The molecule has 18 heavy (non-hydrogen) atoms. The number of fused-ring (bicyclic) bond motifs is 1. The summed E-state index contributed by atoms with van der Waals surface area (Å²) < 4.78 is 0. The van der Waals surface area contributed by atoms with Gasteiger partial charge in [0, 0.05) is 5.70 Å². The molecular formula is C14H15N3S. The molecule has 0 bridgehead atoms. The van der Waals surface area contributed by atoms with Crippen LogP contribution in [0.1, 0.15) is 31.0 Å². The van der Waals surface area contributed by atoms with Crippen LogP contribution in [0, 0.1) is 6.92 Å². The first-order valence-corrected chi connectivity index (χ1v) is 6.81. The Kier molecular flexibility index (Phi) is 2.74. The second-order valence-electron chi connectivity index (χ2n) is 4.62. The van der Waals surface area contributed by atoms with Gasteiger partial charge in [0.15, 0.2) is 5.17 Å². The fraction of sp³-hybridized carbons (Fsp3) is 0.286. The van der Waals surface area contributed by atoms with E-state index in [-0.39, 0.29) is 6.04 Å². The summed E-state index contributed by atoms with van der Waals surface area (Å²) in [5.41, 5.74) is 3.59. The maximum Gasteiger partial charge on any atom is 0.191 e. The van der Waals surface area contributed by atoms with Crippen molar-refractivity contribution >= 4 is 22.0 Å². The summed E-state index contributed by atoms with van der Waals surface area (Å²) in [5, 5.41) is 8.61. The molecule has 2 heterocycles. The molecule has 92 valence electrons. The van der Waals surface area contributed by atoms with Crippen molar-refractivity contribution in [3.63, 3.8) is 0 Å². The minimum Gasteiger partial charge on any atom is -0.230 e. The molecule has 0 fully saturated rings. The van der Waals surface area contributed by atoms with Crippen LogP contribution in [0.4, 0.5) is 0 Å². The zero-order valence-electron chi connectivity index (χ0n) is 10.7. The normalized spacial score (nSPS) is 22.3. The number of benzene rings is 1. The standard InChI is InChI=1S/C14H15N3S/c1-9-4-6-12(7-5-9)13-8-10(2)15-14-17(13)16-11(3)18-14/h4-8,13H,1-3H3. The summed E-state index contributed by atoms with van der Waals surface area (Å²) in [6.45, 7) is 6.17. The molecule has 0 spiro atoms. The quantitative estimate of drug-likeness (QED) is 0.767. The third-order valence-electron chi connectivity index (χ3n) is 3.04. The maximum absolute atomic E-state index is 4.56. The van der Waals surface area contributed by atoms with E-state index in [4.69, 9.17) is 0 Å². The van der Waals surface area contributed by atoms with Gasteiger partial charge in [-0.3, -0.25) is 0 Å². The smallest absolute Gasteiger partial charge is 0.191 e. The molecule has 0 aromatic heterocycles. The van der Waals surface area contributed by atoms with Crippen LogP contribution in [0.3, 0.4) is 0 Å². The Morgan fingerprint density at radius 3 is 2.56 bits per heavy atom. The van der Waals surface area contributed by atoms with Crippen molar-refractivity contribution in [2.45, 2.75) is 26.8 Å². The highest BCUT2D eigenvalue weighted by atomic mass is 32.2. The van der Waals surface area contributed by atoms with E-state index in [1.54, 1.807) is 11.8 Å². The predicted molar refractivity (Wildman–Crippen MR) is 77.7 cm³/mol. The van der Waals surface area contributed by atoms with Gasteiger partial charge in [-0.2, -0.15) is 5.10 Å². The lowest BCUT2D eigenvalue weighted by molar-refractivity contribution is 0.389. The third kappa shape index (κ3) is 1.97. The number of thioether (sulfide) groups is 1. The third-order valence-corrected chi connectivity index (χ3v) is 3.87. The SMILES string of the molecule is CC1=CC(c2ccc(C)cc2)N2N=C(C)SC2=N1. The van der Waals surface area contributed by atoms with Crippen molar-refractivity contribution in [1.29, 1.82) is 0 Å². The molecule has 1 aromatic carbocycles. The van der Waals surface area contributed by atoms with Gasteiger partial charge in [-0.25, -0.2) is 10.0 Å². The van der Waals surface area contributed by atoms with Gasteiger partial charge in [0.1, 0.15) is 0 Å². The van der Waals surface area contributed by atoms with Crippen molar-refractivity contribution in [3.8, 4) is 0 Å². The fourth-order valence-corrected chi connectivity index (χ4v) is 2.97.